The number of ether oxygens (including phenoxy) is 4. The number of hydrogen-bond acceptors (Lipinski definition) is 6. The second-order valence-electron chi connectivity index (χ2n) is 10.3. The number of carbonyl (C=O) groups is 1. The molecule has 3 aliphatic rings. The molecule has 0 aromatic rings. The highest BCUT2D eigenvalue weighted by Crippen LogP contribution is 2.39. The van der Waals surface area contributed by atoms with Crippen LogP contribution in [0.5, 0.6) is 0 Å². The fourth-order valence-electron chi connectivity index (χ4n) is 5.40. The molecule has 3 fully saturated rings. The standard InChI is InChI=1S/C30H46O7/c1-2-3-6-13-23(36-29-16-9-11-20-34-29)18-19-25-24(14-7-4-5-8-15-28(32)33)26(31)22-27(25)37-30-17-10-12-21-35-30/h4,7,18-19,23-27,29-31H,5-6,8-17,20-22H2,1H3,(H,32,33)/b7-4-,19-18+/t23-,24+,25+,26-,27+,29?,30?/m0/s1. The van der Waals surface area contributed by atoms with Crippen molar-refractivity contribution >= 4 is 5.97 Å². The van der Waals surface area contributed by atoms with Gasteiger partial charge in [-0.2, -0.15) is 0 Å². The average molecular weight is 519 g/mol. The highest BCUT2D eigenvalue weighted by molar-refractivity contribution is 5.66. The van der Waals surface area contributed by atoms with E-state index in [1.165, 1.54) is 0 Å². The van der Waals surface area contributed by atoms with Gasteiger partial charge in [0, 0.05) is 38.4 Å². The van der Waals surface area contributed by atoms with Gasteiger partial charge in [0.2, 0.25) is 0 Å². The maximum atomic E-state index is 11.0. The maximum Gasteiger partial charge on any atom is 0.303 e. The second-order valence-corrected chi connectivity index (χ2v) is 10.3. The molecule has 0 spiro atoms. The number of allylic oxidation sites excluding steroid dienone is 2. The molecule has 2 N–H and O–H groups in total. The Morgan fingerprint density at radius 1 is 1.11 bits per heavy atom. The third-order valence-corrected chi connectivity index (χ3v) is 7.44. The number of hydrogen-bond donors (Lipinski definition) is 2. The molecule has 208 valence electrons. The van der Waals surface area contributed by atoms with Crippen molar-refractivity contribution in [3.05, 3.63) is 24.3 Å². The van der Waals surface area contributed by atoms with E-state index in [-0.39, 0.29) is 43.0 Å². The molecule has 7 atom stereocenters. The van der Waals surface area contributed by atoms with Gasteiger partial charge in [-0.3, -0.25) is 4.79 Å². The molecular weight excluding hydrogens is 472 g/mol. The van der Waals surface area contributed by atoms with Gasteiger partial charge in [-0.1, -0.05) is 24.3 Å². The monoisotopic (exact) mass is 518 g/mol. The third kappa shape index (κ3) is 10.9. The lowest BCUT2D eigenvalue weighted by Gasteiger charge is -2.29. The Morgan fingerprint density at radius 3 is 2.54 bits per heavy atom. The minimum atomic E-state index is -0.768. The zero-order valence-electron chi connectivity index (χ0n) is 22.4. The largest absolute Gasteiger partial charge is 0.481 e. The molecule has 0 bridgehead atoms. The van der Waals surface area contributed by atoms with E-state index >= 15 is 0 Å². The zero-order valence-corrected chi connectivity index (χ0v) is 22.4. The van der Waals surface area contributed by atoms with Crippen LogP contribution in [0, 0.1) is 23.7 Å². The molecular formula is C30H46O7. The Kier molecular flexibility index (Phi) is 13.7. The molecule has 2 saturated heterocycles. The van der Waals surface area contributed by atoms with E-state index in [0.29, 0.717) is 19.3 Å². The molecule has 1 aliphatic carbocycles. The van der Waals surface area contributed by atoms with Crippen molar-refractivity contribution in [2.24, 2.45) is 11.8 Å². The first-order chi connectivity index (χ1) is 18.1. The molecule has 37 heavy (non-hydrogen) atoms. The number of carboxylic acids is 1. The number of aliphatic carboxylic acids is 1. The number of aliphatic hydroxyl groups excluding tert-OH is 1. The minimum absolute atomic E-state index is 0.0163. The van der Waals surface area contributed by atoms with Gasteiger partial charge < -0.3 is 29.2 Å². The Hall–Kier alpha value is -1.69. The van der Waals surface area contributed by atoms with Crippen molar-refractivity contribution in [2.75, 3.05) is 13.2 Å². The third-order valence-electron chi connectivity index (χ3n) is 7.44. The first-order valence-corrected chi connectivity index (χ1v) is 14.2. The van der Waals surface area contributed by atoms with E-state index in [9.17, 15) is 9.90 Å². The predicted octanol–water partition coefficient (Wildman–Crippen LogP) is 5.37. The Balaban J connectivity index is 1.68. The van der Waals surface area contributed by atoms with Crippen LogP contribution in [0.2, 0.25) is 0 Å². The molecule has 0 amide bonds. The molecule has 2 unspecified atom stereocenters. The van der Waals surface area contributed by atoms with Gasteiger partial charge in [-0.25, -0.2) is 0 Å². The highest BCUT2D eigenvalue weighted by Gasteiger charge is 2.42. The van der Waals surface area contributed by atoms with Crippen molar-refractivity contribution in [3.63, 3.8) is 0 Å². The molecule has 0 aromatic heterocycles. The van der Waals surface area contributed by atoms with E-state index in [4.69, 9.17) is 24.1 Å². The van der Waals surface area contributed by atoms with Crippen LogP contribution in [-0.4, -0.2) is 60.3 Å². The molecule has 7 heteroatoms. The number of rotatable bonds is 14. The Bertz CT molecular complexity index is 771. The minimum Gasteiger partial charge on any atom is -0.481 e. The molecule has 7 nitrogen and oxygen atoms in total. The van der Waals surface area contributed by atoms with Crippen LogP contribution in [0.4, 0.5) is 0 Å². The summed E-state index contributed by atoms with van der Waals surface area (Å²) in [7, 11) is 0. The topological polar surface area (TPSA) is 94.5 Å². The van der Waals surface area contributed by atoms with Gasteiger partial charge in [0.15, 0.2) is 12.6 Å². The molecule has 2 heterocycles. The Labute approximate surface area is 222 Å². The second kappa shape index (κ2) is 17.0. The number of unbranched alkanes of at least 4 members (excludes halogenated alkanes) is 1. The number of aliphatic hydroxyl groups is 1. The van der Waals surface area contributed by atoms with E-state index in [1.54, 1.807) is 0 Å². The first kappa shape index (κ1) is 29.9. The van der Waals surface area contributed by atoms with Crippen LogP contribution in [0.1, 0.15) is 90.4 Å². The van der Waals surface area contributed by atoms with Gasteiger partial charge >= 0.3 is 5.97 Å². The van der Waals surface area contributed by atoms with Gasteiger partial charge in [0.25, 0.3) is 0 Å². The van der Waals surface area contributed by atoms with Crippen molar-refractivity contribution < 1.29 is 34.0 Å². The number of carboxylic acid groups (broad SMARTS) is 1. The normalized spacial score (nSPS) is 31.4. The quantitative estimate of drug-likeness (QED) is 0.181. The Morgan fingerprint density at radius 2 is 1.86 bits per heavy atom. The SMILES string of the molecule is CC#CCC[C@@H](/C=C/[C@@H]1[C@@H](C/C=C\CCCC(=O)O)[C@@H](O)C[C@H]1OC1CCCCO1)OC1CCCCO1. The summed E-state index contributed by atoms with van der Waals surface area (Å²) < 4.78 is 24.4. The predicted molar refractivity (Wildman–Crippen MR) is 142 cm³/mol. The summed E-state index contributed by atoms with van der Waals surface area (Å²) in [5, 5.41) is 19.8. The van der Waals surface area contributed by atoms with Crippen molar-refractivity contribution in [2.45, 2.75) is 121 Å². The van der Waals surface area contributed by atoms with E-state index < -0.39 is 12.1 Å². The van der Waals surface area contributed by atoms with Crippen LogP contribution >= 0.6 is 0 Å². The van der Waals surface area contributed by atoms with Crippen LogP contribution in [-0.2, 0) is 23.7 Å². The smallest absolute Gasteiger partial charge is 0.303 e. The summed E-state index contributed by atoms with van der Waals surface area (Å²) in [6.07, 6.45) is 17.8. The summed E-state index contributed by atoms with van der Waals surface area (Å²) in [6.45, 7) is 3.31. The molecule has 2 aliphatic heterocycles. The summed E-state index contributed by atoms with van der Waals surface area (Å²) in [6, 6.07) is 0. The van der Waals surface area contributed by atoms with Gasteiger partial charge in [0.05, 0.1) is 18.3 Å². The van der Waals surface area contributed by atoms with Gasteiger partial charge in [-0.05, 0) is 77.0 Å². The van der Waals surface area contributed by atoms with Crippen molar-refractivity contribution in [1.29, 1.82) is 0 Å². The lowest BCUT2D eigenvalue weighted by atomic mass is 9.89. The highest BCUT2D eigenvalue weighted by atomic mass is 16.7. The van der Waals surface area contributed by atoms with Crippen LogP contribution < -0.4 is 0 Å². The summed E-state index contributed by atoms with van der Waals surface area (Å²) in [5.41, 5.74) is 0. The van der Waals surface area contributed by atoms with Gasteiger partial charge in [-0.15, -0.1) is 11.8 Å². The maximum absolute atomic E-state index is 11.0. The van der Waals surface area contributed by atoms with E-state index in [2.05, 4.69) is 30.1 Å². The van der Waals surface area contributed by atoms with Crippen LogP contribution in [0.15, 0.2) is 24.3 Å². The van der Waals surface area contributed by atoms with E-state index in [1.807, 2.05) is 13.0 Å². The average Bonchev–Trinajstić information content (AvgIpc) is 3.19. The van der Waals surface area contributed by atoms with Crippen LogP contribution in [0.3, 0.4) is 0 Å². The molecule has 1 saturated carbocycles. The zero-order chi connectivity index (χ0) is 26.3. The van der Waals surface area contributed by atoms with Crippen molar-refractivity contribution in [3.8, 4) is 11.8 Å². The molecule has 3 rings (SSSR count). The van der Waals surface area contributed by atoms with E-state index in [0.717, 1.165) is 71.0 Å². The van der Waals surface area contributed by atoms with Gasteiger partial charge in [0.1, 0.15) is 0 Å². The lowest BCUT2D eigenvalue weighted by molar-refractivity contribution is -0.193. The van der Waals surface area contributed by atoms with Crippen LogP contribution in [0.25, 0.3) is 0 Å². The lowest BCUT2D eigenvalue weighted by Crippen LogP contribution is -2.31. The fourth-order valence-corrected chi connectivity index (χ4v) is 5.40. The fraction of sp³-hybridized carbons (Fsp3) is 0.767. The first-order valence-electron chi connectivity index (χ1n) is 14.2. The summed E-state index contributed by atoms with van der Waals surface area (Å²) >= 11 is 0. The molecule has 0 radical (unpaired) electrons. The van der Waals surface area contributed by atoms with Crippen molar-refractivity contribution in [1.82, 2.24) is 0 Å². The molecule has 0 aromatic carbocycles. The summed E-state index contributed by atoms with van der Waals surface area (Å²) in [5.74, 6) is 5.38. The summed E-state index contributed by atoms with van der Waals surface area (Å²) in [4.78, 5) is 10.7.